The van der Waals surface area contributed by atoms with E-state index in [1.165, 1.54) is 18.2 Å². The number of para-hydroxylation sites is 1. The number of amides is 2. The van der Waals surface area contributed by atoms with Crippen LogP contribution in [0.3, 0.4) is 0 Å². The number of hydrogen-bond acceptors (Lipinski definition) is 4. The number of hydrazine groups is 1. The monoisotopic (exact) mass is 313 g/mol. The van der Waals surface area contributed by atoms with Crippen LogP contribution in [0.5, 0.6) is 5.75 Å². The third-order valence-corrected chi connectivity index (χ3v) is 2.80. The second-order valence-electron chi connectivity index (χ2n) is 4.38. The molecule has 0 saturated carbocycles. The van der Waals surface area contributed by atoms with Crippen LogP contribution in [0.15, 0.2) is 48.5 Å². The van der Waals surface area contributed by atoms with Gasteiger partial charge in [0.15, 0.2) is 6.61 Å². The summed E-state index contributed by atoms with van der Waals surface area (Å²) in [5.41, 5.74) is 4.28. The molecule has 0 heterocycles. The van der Waals surface area contributed by atoms with E-state index in [2.05, 4.69) is 10.9 Å². The van der Waals surface area contributed by atoms with Gasteiger partial charge in [-0.05, 0) is 24.3 Å². The third kappa shape index (κ3) is 4.28. The maximum atomic E-state index is 13.4. The lowest BCUT2D eigenvalue weighted by Crippen LogP contribution is -2.44. The molecule has 6 nitrogen and oxygen atoms in total. The van der Waals surface area contributed by atoms with Crippen molar-refractivity contribution in [2.75, 3.05) is 6.61 Å². The van der Waals surface area contributed by atoms with E-state index in [4.69, 9.17) is 10.00 Å². The van der Waals surface area contributed by atoms with Crippen molar-refractivity contribution in [3.8, 4) is 11.8 Å². The zero-order valence-electron chi connectivity index (χ0n) is 11.9. The Balaban J connectivity index is 1.85. The van der Waals surface area contributed by atoms with Crippen LogP contribution in [-0.4, -0.2) is 18.4 Å². The number of rotatable bonds is 4. The standard InChI is InChI=1S/C16H12FN3O3/c17-13-7-3-2-6-12(13)16(22)20-19-15(21)10-23-14-8-4-1-5-11(14)9-18/h1-8H,10H2,(H,19,21)(H,20,22). The zero-order valence-corrected chi connectivity index (χ0v) is 11.9. The highest BCUT2D eigenvalue weighted by molar-refractivity contribution is 5.95. The number of carbonyl (C=O) groups is 2. The van der Waals surface area contributed by atoms with Crippen molar-refractivity contribution < 1.29 is 18.7 Å². The Kier molecular flexibility index (Phi) is 5.25. The lowest BCUT2D eigenvalue weighted by Gasteiger charge is -2.09. The van der Waals surface area contributed by atoms with E-state index in [9.17, 15) is 14.0 Å². The Bertz CT molecular complexity index is 771. The molecule has 0 aliphatic rings. The van der Waals surface area contributed by atoms with Crippen molar-refractivity contribution >= 4 is 11.8 Å². The third-order valence-electron chi connectivity index (χ3n) is 2.80. The molecule has 7 heteroatoms. The van der Waals surface area contributed by atoms with Gasteiger partial charge in [-0.15, -0.1) is 0 Å². The summed E-state index contributed by atoms with van der Waals surface area (Å²) in [4.78, 5) is 23.3. The number of carbonyl (C=O) groups excluding carboxylic acids is 2. The first kappa shape index (κ1) is 16.0. The lowest BCUT2D eigenvalue weighted by molar-refractivity contribution is -0.123. The Hall–Kier alpha value is -3.40. The van der Waals surface area contributed by atoms with Crippen LogP contribution >= 0.6 is 0 Å². The van der Waals surface area contributed by atoms with Crippen LogP contribution < -0.4 is 15.6 Å². The first-order chi connectivity index (χ1) is 11.1. The first-order valence-corrected chi connectivity index (χ1v) is 6.57. The number of nitrogens with one attached hydrogen (secondary N) is 2. The number of hydrogen-bond donors (Lipinski definition) is 2. The molecule has 0 spiro atoms. The molecule has 2 N–H and O–H groups in total. The van der Waals surface area contributed by atoms with Crippen LogP contribution in [0.25, 0.3) is 0 Å². The van der Waals surface area contributed by atoms with Gasteiger partial charge in [0.2, 0.25) is 0 Å². The van der Waals surface area contributed by atoms with Gasteiger partial charge < -0.3 is 4.74 Å². The molecule has 0 saturated heterocycles. The van der Waals surface area contributed by atoms with Crippen LogP contribution in [-0.2, 0) is 4.79 Å². The van der Waals surface area contributed by atoms with Gasteiger partial charge in [-0.25, -0.2) is 4.39 Å². The molecule has 0 radical (unpaired) electrons. The molecule has 2 aromatic rings. The SMILES string of the molecule is N#Cc1ccccc1OCC(=O)NNC(=O)c1ccccc1F. The molecule has 116 valence electrons. The number of halogens is 1. The van der Waals surface area contributed by atoms with Crippen molar-refractivity contribution in [3.05, 3.63) is 65.5 Å². The van der Waals surface area contributed by atoms with Crippen molar-refractivity contribution in [2.45, 2.75) is 0 Å². The minimum absolute atomic E-state index is 0.191. The van der Waals surface area contributed by atoms with Gasteiger partial charge in [0, 0.05) is 0 Å². The van der Waals surface area contributed by atoms with Gasteiger partial charge in [0.1, 0.15) is 17.6 Å². The van der Waals surface area contributed by atoms with E-state index in [-0.39, 0.29) is 16.9 Å². The van der Waals surface area contributed by atoms with Gasteiger partial charge in [0.05, 0.1) is 11.1 Å². The minimum atomic E-state index is -0.783. The van der Waals surface area contributed by atoms with E-state index >= 15 is 0 Å². The Morgan fingerprint density at radius 2 is 1.78 bits per heavy atom. The number of nitriles is 1. The molecule has 0 aliphatic heterocycles. The predicted molar refractivity (Wildman–Crippen MR) is 78.7 cm³/mol. The molecule has 0 unspecified atom stereocenters. The quantitative estimate of drug-likeness (QED) is 0.838. The normalized spacial score (nSPS) is 9.57. The molecule has 0 fully saturated rings. The molecule has 23 heavy (non-hydrogen) atoms. The van der Waals surface area contributed by atoms with E-state index in [1.807, 2.05) is 6.07 Å². The summed E-state index contributed by atoms with van der Waals surface area (Å²) in [6.45, 7) is -0.407. The Morgan fingerprint density at radius 1 is 1.09 bits per heavy atom. The molecule has 0 aliphatic carbocycles. The second-order valence-corrected chi connectivity index (χ2v) is 4.38. The minimum Gasteiger partial charge on any atom is -0.482 e. The second kappa shape index (κ2) is 7.56. The molecule has 0 atom stereocenters. The summed E-state index contributed by atoms with van der Waals surface area (Å²) < 4.78 is 18.6. The fourth-order valence-electron chi connectivity index (χ4n) is 1.70. The van der Waals surface area contributed by atoms with Crippen molar-refractivity contribution in [1.29, 1.82) is 5.26 Å². The van der Waals surface area contributed by atoms with Crippen LogP contribution in [0.4, 0.5) is 4.39 Å². The summed E-state index contributed by atoms with van der Waals surface area (Å²) >= 11 is 0. The highest BCUT2D eigenvalue weighted by atomic mass is 19.1. The zero-order chi connectivity index (χ0) is 16.7. The Labute approximate surface area is 131 Å². The average Bonchev–Trinajstić information content (AvgIpc) is 2.58. The number of ether oxygens (including phenoxy) is 1. The van der Waals surface area contributed by atoms with Gasteiger partial charge in [0.25, 0.3) is 11.8 Å². The highest BCUT2D eigenvalue weighted by Gasteiger charge is 2.12. The number of benzene rings is 2. The smallest absolute Gasteiger partial charge is 0.276 e. The fraction of sp³-hybridized carbons (Fsp3) is 0.0625. The maximum absolute atomic E-state index is 13.4. The molecule has 0 bridgehead atoms. The van der Waals surface area contributed by atoms with Gasteiger partial charge >= 0.3 is 0 Å². The summed E-state index contributed by atoms with van der Waals surface area (Å²) in [6, 6.07) is 13.7. The topological polar surface area (TPSA) is 91.2 Å². The predicted octanol–water partition coefficient (Wildman–Crippen LogP) is 1.54. The Morgan fingerprint density at radius 3 is 2.52 bits per heavy atom. The number of nitrogens with zero attached hydrogens (tertiary/aromatic N) is 1. The maximum Gasteiger partial charge on any atom is 0.276 e. The van der Waals surface area contributed by atoms with Gasteiger partial charge in [-0.2, -0.15) is 5.26 Å². The lowest BCUT2D eigenvalue weighted by atomic mass is 10.2. The van der Waals surface area contributed by atoms with E-state index < -0.39 is 24.2 Å². The summed E-state index contributed by atoms with van der Waals surface area (Å²) in [6.07, 6.45) is 0. The molecule has 2 amide bonds. The average molecular weight is 313 g/mol. The van der Waals surface area contributed by atoms with E-state index in [0.717, 1.165) is 6.07 Å². The largest absolute Gasteiger partial charge is 0.482 e. The van der Waals surface area contributed by atoms with Crippen LogP contribution in [0.2, 0.25) is 0 Å². The van der Waals surface area contributed by atoms with Crippen molar-refractivity contribution in [1.82, 2.24) is 10.9 Å². The van der Waals surface area contributed by atoms with Crippen molar-refractivity contribution in [3.63, 3.8) is 0 Å². The highest BCUT2D eigenvalue weighted by Crippen LogP contribution is 2.16. The summed E-state index contributed by atoms with van der Waals surface area (Å²) in [5, 5.41) is 8.89. The molecule has 2 rings (SSSR count). The van der Waals surface area contributed by atoms with E-state index in [1.54, 1.807) is 24.3 Å². The molecular formula is C16H12FN3O3. The summed E-state index contributed by atoms with van der Waals surface area (Å²) in [5.74, 6) is -1.87. The van der Waals surface area contributed by atoms with Crippen LogP contribution in [0.1, 0.15) is 15.9 Å². The van der Waals surface area contributed by atoms with Crippen molar-refractivity contribution in [2.24, 2.45) is 0 Å². The molecule has 2 aromatic carbocycles. The van der Waals surface area contributed by atoms with Gasteiger partial charge in [-0.1, -0.05) is 24.3 Å². The summed E-state index contributed by atoms with van der Waals surface area (Å²) in [7, 11) is 0. The molecule has 0 aromatic heterocycles. The van der Waals surface area contributed by atoms with Gasteiger partial charge in [-0.3, -0.25) is 20.4 Å². The van der Waals surface area contributed by atoms with Crippen LogP contribution in [0, 0.1) is 17.1 Å². The molecular weight excluding hydrogens is 301 g/mol. The van der Waals surface area contributed by atoms with E-state index in [0.29, 0.717) is 0 Å². The fourth-order valence-corrected chi connectivity index (χ4v) is 1.70. The first-order valence-electron chi connectivity index (χ1n) is 6.57.